The lowest BCUT2D eigenvalue weighted by Gasteiger charge is -2.09. The number of carbonyl (C=O) groups is 1. The van der Waals surface area contributed by atoms with Crippen LogP contribution in [0.15, 0.2) is 54.6 Å². The van der Waals surface area contributed by atoms with E-state index in [9.17, 15) is 23.1 Å². The molecule has 1 aromatic heterocycles. The summed E-state index contributed by atoms with van der Waals surface area (Å²) < 4.78 is 38.1. The maximum atomic E-state index is 12.7. The fourth-order valence-electron chi connectivity index (χ4n) is 2.45. The van der Waals surface area contributed by atoms with Crippen LogP contribution in [0, 0.1) is 6.92 Å². The molecule has 7 heteroatoms. The molecule has 3 rings (SSSR count). The molecule has 0 aliphatic rings. The predicted molar refractivity (Wildman–Crippen MR) is 89.6 cm³/mol. The number of rotatable bonds is 3. The first-order chi connectivity index (χ1) is 12.2. The van der Waals surface area contributed by atoms with Gasteiger partial charge in [0.2, 0.25) is 0 Å². The first kappa shape index (κ1) is 17.6. The molecule has 0 aliphatic carbocycles. The second kappa shape index (κ2) is 6.59. The number of halogens is 3. The van der Waals surface area contributed by atoms with Crippen LogP contribution in [-0.4, -0.2) is 21.0 Å². The van der Waals surface area contributed by atoms with Crippen LogP contribution in [0.4, 0.5) is 13.2 Å². The van der Waals surface area contributed by atoms with E-state index in [1.165, 1.54) is 18.2 Å². The zero-order valence-electron chi connectivity index (χ0n) is 13.6. The van der Waals surface area contributed by atoms with Crippen molar-refractivity contribution < 1.29 is 23.1 Å². The van der Waals surface area contributed by atoms with E-state index < -0.39 is 17.7 Å². The molecule has 0 amide bonds. The van der Waals surface area contributed by atoms with Gasteiger partial charge in [0.25, 0.3) is 0 Å². The van der Waals surface area contributed by atoms with Gasteiger partial charge in [0.1, 0.15) is 0 Å². The van der Waals surface area contributed by atoms with Crippen LogP contribution in [0.2, 0.25) is 0 Å². The van der Waals surface area contributed by atoms with Crippen LogP contribution >= 0.6 is 0 Å². The molecule has 0 bridgehead atoms. The minimum absolute atomic E-state index is 0.198. The minimum Gasteiger partial charge on any atom is -0.477 e. The van der Waals surface area contributed by atoms with Gasteiger partial charge in [0.05, 0.1) is 11.3 Å². The molecule has 0 radical (unpaired) electrons. The van der Waals surface area contributed by atoms with Crippen molar-refractivity contribution in [2.45, 2.75) is 13.1 Å². The Labute approximate surface area is 147 Å². The molecule has 0 saturated carbocycles. The lowest BCUT2D eigenvalue weighted by molar-refractivity contribution is -0.137. The Morgan fingerprint density at radius 3 is 2.23 bits per heavy atom. The Morgan fingerprint density at radius 1 is 0.962 bits per heavy atom. The molecule has 132 valence electrons. The van der Waals surface area contributed by atoms with Crippen LogP contribution in [0.3, 0.4) is 0 Å². The number of aryl methyl sites for hydroxylation is 1. The highest BCUT2D eigenvalue weighted by atomic mass is 19.4. The zero-order valence-corrected chi connectivity index (χ0v) is 13.6. The van der Waals surface area contributed by atoms with Gasteiger partial charge in [0.15, 0.2) is 11.5 Å². The first-order valence-electron chi connectivity index (χ1n) is 7.61. The molecule has 26 heavy (non-hydrogen) atoms. The Bertz CT molecular complexity index is 967. The van der Waals surface area contributed by atoms with Gasteiger partial charge in [-0.2, -0.15) is 13.2 Å². The number of aromatic carboxylic acids is 1. The third-order valence-electron chi connectivity index (χ3n) is 3.73. The van der Waals surface area contributed by atoms with Crippen molar-refractivity contribution in [3.63, 3.8) is 0 Å². The molecule has 1 heterocycles. The largest absolute Gasteiger partial charge is 0.477 e. The van der Waals surface area contributed by atoms with Crippen LogP contribution in [-0.2, 0) is 6.18 Å². The van der Waals surface area contributed by atoms with Crippen LogP contribution in [0.1, 0.15) is 21.6 Å². The molecular weight excluding hydrogens is 345 g/mol. The smallest absolute Gasteiger partial charge is 0.416 e. The lowest BCUT2D eigenvalue weighted by Crippen LogP contribution is -2.06. The molecule has 0 fully saturated rings. The van der Waals surface area contributed by atoms with E-state index in [1.54, 1.807) is 18.2 Å². The number of benzene rings is 2. The SMILES string of the molecule is Cc1cccc(-c2nc(C(=O)O)cc(-c3ccc(C(F)(F)F)cc3)n2)c1. The molecule has 0 aliphatic heterocycles. The molecular formula is C19H13F3N2O2. The topological polar surface area (TPSA) is 63.1 Å². The molecule has 4 nitrogen and oxygen atoms in total. The molecule has 0 spiro atoms. The van der Waals surface area contributed by atoms with Crippen molar-refractivity contribution in [2.75, 3.05) is 0 Å². The molecule has 0 atom stereocenters. The second-order valence-corrected chi connectivity index (χ2v) is 5.71. The number of carboxylic acid groups (broad SMARTS) is 1. The fraction of sp³-hybridized carbons (Fsp3) is 0.105. The molecule has 1 N–H and O–H groups in total. The van der Waals surface area contributed by atoms with Crippen molar-refractivity contribution in [1.29, 1.82) is 0 Å². The van der Waals surface area contributed by atoms with E-state index in [1.807, 2.05) is 13.0 Å². The van der Waals surface area contributed by atoms with Crippen molar-refractivity contribution >= 4 is 5.97 Å². The zero-order chi connectivity index (χ0) is 18.9. The van der Waals surface area contributed by atoms with E-state index in [0.717, 1.165) is 17.7 Å². The van der Waals surface area contributed by atoms with Crippen molar-refractivity contribution in [2.24, 2.45) is 0 Å². The Balaban J connectivity index is 2.11. The lowest BCUT2D eigenvalue weighted by atomic mass is 10.1. The minimum atomic E-state index is -4.44. The maximum absolute atomic E-state index is 12.7. The summed E-state index contributed by atoms with van der Waals surface area (Å²) in [7, 11) is 0. The monoisotopic (exact) mass is 358 g/mol. The van der Waals surface area contributed by atoms with Gasteiger partial charge in [-0.25, -0.2) is 14.8 Å². The highest BCUT2D eigenvalue weighted by Crippen LogP contribution is 2.31. The van der Waals surface area contributed by atoms with Gasteiger partial charge in [-0.1, -0.05) is 35.9 Å². The Hall–Kier alpha value is -3.22. The van der Waals surface area contributed by atoms with Crippen molar-refractivity contribution in [1.82, 2.24) is 9.97 Å². The van der Waals surface area contributed by atoms with Gasteiger partial charge in [-0.3, -0.25) is 0 Å². The molecule has 3 aromatic rings. The van der Waals surface area contributed by atoms with E-state index in [4.69, 9.17) is 0 Å². The molecule has 2 aromatic carbocycles. The maximum Gasteiger partial charge on any atom is 0.416 e. The summed E-state index contributed by atoms with van der Waals surface area (Å²) in [5.74, 6) is -1.04. The second-order valence-electron chi connectivity index (χ2n) is 5.71. The average Bonchev–Trinajstić information content (AvgIpc) is 2.60. The summed E-state index contributed by atoms with van der Waals surface area (Å²) in [6, 6.07) is 12.8. The molecule has 0 unspecified atom stereocenters. The van der Waals surface area contributed by atoms with Gasteiger partial charge in [-0.15, -0.1) is 0 Å². The normalized spacial score (nSPS) is 11.4. The predicted octanol–water partition coefficient (Wildman–Crippen LogP) is 4.84. The number of nitrogens with zero attached hydrogens (tertiary/aromatic N) is 2. The number of carboxylic acids is 1. The number of alkyl halides is 3. The summed E-state index contributed by atoms with van der Waals surface area (Å²) in [6.45, 7) is 1.88. The highest BCUT2D eigenvalue weighted by Gasteiger charge is 2.30. The number of hydrogen-bond donors (Lipinski definition) is 1. The van der Waals surface area contributed by atoms with Crippen molar-refractivity contribution in [3.8, 4) is 22.6 Å². The van der Waals surface area contributed by atoms with Gasteiger partial charge in [0, 0.05) is 11.1 Å². The van der Waals surface area contributed by atoms with E-state index in [0.29, 0.717) is 11.1 Å². The van der Waals surface area contributed by atoms with Crippen molar-refractivity contribution in [3.05, 3.63) is 71.4 Å². The van der Waals surface area contributed by atoms with Crippen LogP contribution < -0.4 is 0 Å². The number of aromatic nitrogens is 2. The van der Waals surface area contributed by atoms with Gasteiger partial charge >= 0.3 is 12.1 Å². The third kappa shape index (κ3) is 3.72. The van der Waals surface area contributed by atoms with Crippen LogP contribution in [0.25, 0.3) is 22.6 Å². The quantitative estimate of drug-likeness (QED) is 0.728. The highest BCUT2D eigenvalue weighted by molar-refractivity contribution is 5.87. The van der Waals surface area contributed by atoms with E-state index >= 15 is 0 Å². The standard InChI is InChI=1S/C19H13F3N2O2/c1-11-3-2-4-13(9-11)17-23-15(10-16(24-17)18(25)26)12-5-7-14(8-6-12)19(20,21)22/h2-10H,1H3,(H,25,26). The Kier molecular flexibility index (Phi) is 4.46. The average molecular weight is 358 g/mol. The Morgan fingerprint density at radius 2 is 1.65 bits per heavy atom. The number of hydrogen-bond acceptors (Lipinski definition) is 3. The third-order valence-corrected chi connectivity index (χ3v) is 3.73. The van der Waals surface area contributed by atoms with Crippen LogP contribution in [0.5, 0.6) is 0 Å². The molecule has 0 saturated heterocycles. The summed E-state index contributed by atoms with van der Waals surface area (Å²) in [5.41, 5.74) is 1.17. The summed E-state index contributed by atoms with van der Waals surface area (Å²) in [6.07, 6.45) is -4.44. The van der Waals surface area contributed by atoms with Gasteiger partial charge < -0.3 is 5.11 Å². The summed E-state index contributed by atoms with van der Waals surface area (Å²) in [4.78, 5) is 19.8. The fourth-order valence-corrected chi connectivity index (χ4v) is 2.45. The van der Waals surface area contributed by atoms with E-state index in [2.05, 4.69) is 9.97 Å². The summed E-state index contributed by atoms with van der Waals surface area (Å²) in [5, 5.41) is 9.29. The van der Waals surface area contributed by atoms with Gasteiger partial charge in [-0.05, 0) is 31.2 Å². The van der Waals surface area contributed by atoms with E-state index in [-0.39, 0.29) is 17.2 Å². The summed E-state index contributed by atoms with van der Waals surface area (Å²) >= 11 is 0. The first-order valence-corrected chi connectivity index (χ1v) is 7.61.